The van der Waals surface area contributed by atoms with Crippen LogP contribution in [0.2, 0.25) is 5.02 Å². The molecule has 2 amide bonds. The average Bonchev–Trinajstić information content (AvgIpc) is 2.68. The molecule has 3 rings (SSSR count). The third-order valence-corrected chi connectivity index (χ3v) is 5.08. The van der Waals surface area contributed by atoms with E-state index < -0.39 is 5.41 Å². The Labute approximate surface area is 162 Å². The summed E-state index contributed by atoms with van der Waals surface area (Å²) in [5, 5.41) is 0.630. The fourth-order valence-electron chi connectivity index (χ4n) is 3.29. The SMILES string of the molecule is NC(=O)CC1(COc2ccc(Cl)cc2)CCN(C(=O)c2cncnc2)CC1. The van der Waals surface area contributed by atoms with Crippen molar-refractivity contribution in [3.05, 3.63) is 53.6 Å². The molecule has 27 heavy (non-hydrogen) atoms. The summed E-state index contributed by atoms with van der Waals surface area (Å²) in [5.74, 6) is 0.205. The number of hydrogen-bond acceptors (Lipinski definition) is 5. The number of likely N-dealkylation sites (tertiary alicyclic amines) is 1. The number of primary amides is 1. The topological polar surface area (TPSA) is 98.4 Å². The van der Waals surface area contributed by atoms with Gasteiger partial charge in [0.25, 0.3) is 5.91 Å². The highest BCUT2D eigenvalue weighted by molar-refractivity contribution is 6.30. The Morgan fingerprint density at radius 2 is 1.78 bits per heavy atom. The van der Waals surface area contributed by atoms with Gasteiger partial charge < -0.3 is 15.4 Å². The van der Waals surface area contributed by atoms with Crippen molar-refractivity contribution in [2.45, 2.75) is 19.3 Å². The molecule has 1 fully saturated rings. The number of benzene rings is 1. The maximum Gasteiger partial charge on any atom is 0.256 e. The van der Waals surface area contributed by atoms with Crippen LogP contribution < -0.4 is 10.5 Å². The van der Waals surface area contributed by atoms with E-state index in [2.05, 4.69) is 9.97 Å². The summed E-state index contributed by atoms with van der Waals surface area (Å²) in [7, 11) is 0. The Balaban J connectivity index is 1.65. The molecule has 0 atom stereocenters. The summed E-state index contributed by atoms with van der Waals surface area (Å²) in [6.45, 7) is 1.39. The van der Waals surface area contributed by atoms with E-state index in [0.717, 1.165) is 0 Å². The van der Waals surface area contributed by atoms with Crippen molar-refractivity contribution in [2.24, 2.45) is 11.1 Å². The highest BCUT2D eigenvalue weighted by atomic mass is 35.5. The zero-order valence-corrected chi connectivity index (χ0v) is 15.6. The van der Waals surface area contributed by atoms with Crippen LogP contribution in [-0.2, 0) is 4.79 Å². The molecular weight excluding hydrogens is 368 g/mol. The molecule has 0 unspecified atom stereocenters. The molecule has 1 saturated heterocycles. The van der Waals surface area contributed by atoms with E-state index in [1.54, 1.807) is 29.2 Å². The summed E-state index contributed by atoms with van der Waals surface area (Å²) in [4.78, 5) is 33.7. The quantitative estimate of drug-likeness (QED) is 0.818. The molecule has 8 heteroatoms. The number of piperidine rings is 1. The normalized spacial score (nSPS) is 16.0. The molecule has 2 N–H and O–H groups in total. The third kappa shape index (κ3) is 4.95. The number of nitrogens with two attached hydrogens (primary N) is 1. The Kier molecular flexibility index (Phi) is 5.91. The van der Waals surface area contributed by atoms with Crippen LogP contribution >= 0.6 is 11.6 Å². The van der Waals surface area contributed by atoms with Crippen LogP contribution in [-0.4, -0.2) is 46.4 Å². The van der Waals surface area contributed by atoms with E-state index in [0.29, 0.717) is 48.9 Å². The van der Waals surface area contributed by atoms with Crippen molar-refractivity contribution in [3.63, 3.8) is 0 Å². The van der Waals surface area contributed by atoms with Gasteiger partial charge in [0.05, 0.1) is 12.2 Å². The summed E-state index contributed by atoms with van der Waals surface area (Å²) < 4.78 is 5.90. The lowest BCUT2D eigenvalue weighted by molar-refractivity contribution is -0.121. The third-order valence-electron chi connectivity index (χ3n) is 4.83. The van der Waals surface area contributed by atoms with Gasteiger partial charge in [0.2, 0.25) is 5.91 Å². The number of rotatable bonds is 6. The van der Waals surface area contributed by atoms with E-state index >= 15 is 0 Å². The van der Waals surface area contributed by atoms with E-state index in [1.165, 1.54) is 18.7 Å². The van der Waals surface area contributed by atoms with Crippen molar-refractivity contribution >= 4 is 23.4 Å². The van der Waals surface area contributed by atoms with Crippen molar-refractivity contribution in [2.75, 3.05) is 19.7 Å². The first-order valence-corrected chi connectivity index (χ1v) is 9.06. The van der Waals surface area contributed by atoms with Gasteiger partial charge in [-0.3, -0.25) is 9.59 Å². The lowest BCUT2D eigenvalue weighted by Gasteiger charge is -2.41. The first kappa shape index (κ1) is 19.1. The van der Waals surface area contributed by atoms with Gasteiger partial charge in [-0.2, -0.15) is 0 Å². The number of carbonyl (C=O) groups is 2. The minimum Gasteiger partial charge on any atom is -0.493 e. The molecular formula is C19H21ClN4O3. The van der Waals surface area contributed by atoms with E-state index in [9.17, 15) is 9.59 Å². The van der Waals surface area contributed by atoms with Gasteiger partial charge in [-0.15, -0.1) is 0 Å². The minimum atomic E-state index is -0.393. The zero-order valence-electron chi connectivity index (χ0n) is 14.8. The summed E-state index contributed by atoms with van der Waals surface area (Å²) in [6, 6.07) is 7.07. The van der Waals surface area contributed by atoms with E-state index in [-0.39, 0.29) is 18.2 Å². The molecule has 0 saturated carbocycles. The van der Waals surface area contributed by atoms with Crippen LogP contribution in [0, 0.1) is 5.41 Å². The monoisotopic (exact) mass is 388 g/mol. The highest BCUT2D eigenvalue weighted by Crippen LogP contribution is 2.36. The summed E-state index contributed by atoms with van der Waals surface area (Å²) >= 11 is 5.89. The molecule has 1 aromatic carbocycles. The average molecular weight is 389 g/mol. The van der Waals surface area contributed by atoms with Crippen LogP contribution in [0.5, 0.6) is 5.75 Å². The Morgan fingerprint density at radius 3 is 2.37 bits per heavy atom. The number of nitrogens with zero attached hydrogens (tertiary/aromatic N) is 3. The highest BCUT2D eigenvalue weighted by Gasteiger charge is 2.38. The van der Waals surface area contributed by atoms with Crippen molar-refractivity contribution in [1.29, 1.82) is 0 Å². The van der Waals surface area contributed by atoms with Crippen LogP contribution in [0.4, 0.5) is 0 Å². The zero-order chi connectivity index (χ0) is 19.3. The molecule has 1 aliphatic rings. The van der Waals surface area contributed by atoms with Gasteiger partial charge in [0, 0.05) is 42.3 Å². The molecule has 0 bridgehead atoms. The maximum absolute atomic E-state index is 12.6. The van der Waals surface area contributed by atoms with Crippen molar-refractivity contribution in [3.8, 4) is 5.75 Å². The second-order valence-electron chi connectivity index (χ2n) is 6.81. The fourth-order valence-corrected chi connectivity index (χ4v) is 3.41. The number of ether oxygens (including phenoxy) is 1. The molecule has 0 radical (unpaired) electrons. The van der Waals surface area contributed by atoms with Crippen LogP contribution in [0.25, 0.3) is 0 Å². The van der Waals surface area contributed by atoms with Gasteiger partial charge in [-0.05, 0) is 37.1 Å². The van der Waals surface area contributed by atoms with Crippen molar-refractivity contribution < 1.29 is 14.3 Å². The van der Waals surface area contributed by atoms with Gasteiger partial charge in [-0.1, -0.05) is 11.6 Å². The lowest BCUT2D eigenvalue weighted by atomic mass is 9.76. The molecule has 0 spiro atoms. The Hall–Kier alpha value is -2.67. The first-order chi connectivity index (χ1) is 13.0. The summed E-state index contributed by atoms with van der Waals surface area (Å²) in [5.41, 5.74) is 5.54. The summed E-state index contributed by atoms with van der Waals surface area (Å²) in [6.07, 6.45) is 5.87. The van der Waals surface area contributed by atoms with Crippen LogP contribution in [0.15, 0.2) is 43.0 Å². The number of carbonyl (C=O) groups excluding carboxylic acids is 2. The largest absolute Gasteiger partial charge is 0.493 e. The molecule has 0 aliphatic carbocycles. The number of halogens is 1. The number of amides is 2. The molecule has 1 aliphatic heterocycles. The number of aromatic nitrogens is 2. The van der Waals surface area contributed by atoms with E-state index in [1.807, 2.05) is 0 Å². The molecule has 1 aromatic heterocycles. The van der Waals surface area contributed by atoms with Crippen LogP contribution in [0.1, 0.15) is 29.6 Å². The maximum atomic E-state index is 12.6. The van der Waals surface area contributed by atoms with Gasteiger partial charge in [0.1, 0.15) is 12.1 Å². The minimum absolute atomic E-state index is 0.109. The standard InChI is InChI=1S/C19H21ClN4O3/c20-15-1-3-16(4-2-15)27-12-19(9-17(21)25)5-7-24(8-6-19)18(26)14-10-22-13-23-11-14/h1-4,10-11,13H,5-9,12H2,(H2,21,25). The molecule has 142 valence electrons. The fraction of sp³-hybridized carbons (Fsp3) is 0.368. The molecule has 7 nitrogen and oxygen atoms in total. The Morgan fingerprint density at radius 1 is 1.15 bits per heavy atom. The second kappa shape index (κ2) is 8.35. The van der Waals surface area contributed by atoms with Crippen molar-refractivity contribution in [1.82, 2.24) is 14.9 Å². The lowest BCUT2D eigenvalue weighted by Crippen LogP contribution is -2.47. The van der Waals surface area contributed by atoms with E-state index in [4.69, 9.17) is 22.1 Å². The molecule has 2 aromatic rings. The van der Waals surface area contributed by atoms with Gasteiger partial charge >= 0.3 is 0 Å². The molecule has 2 heterocycles. The van der Waals surface area contributed by atoms with Crippen LogP contribution in [0.3, 0.4) is 0 Å². The van der Waals surface area contributed by atoms with Gasteiger partial charge in [0.15, 0.2) is 0 Å². The smallest absolute Gasteiger partial charge is 0.256 e. The first-order valence-electron chi connectivity index (χ1n) is 8.68. The number of hydrogen-bond donors (Lipinski definition) is 1. The second-order valence-corrected chi connectivity index (χ2v) is 7.24. The van der Waals surface area contributed by atoms with Gasteiger partial charge in [-0.25, -0.2) is 9.97 Å². The predicted molar refractivity (Wildman–Crippen MR) is 100 cm³/mol. The Bertz CT molecular complexity index is 790. The predicted octanol–water partition coefficient (Wildman–Crippen LogP) is 2.31.